The molecule has 2 aromatic carbocycles. The second kappa shape index (κ2) is 8.39. The lowest BCUT2D eigenvalue weighted by Crippen LogP contribution is -2.08. The molecule has 29 heavy (non-hydrogen) atoms. The lowest BCUT2D eigenvalue weighted by Gasteiger charge is -2.03. The number of hydrogen-bond acceptors (Lipinski definition) is 8. The smallest absolute Gasteiger partial charge is 0.312 e. The standard InChI is InChI=1S/C21H17N3O5/c1-26-17-10-6-5-9-16(17)20-23-18(29-24-20)13-27-19(25)11-15-12-28-21(22-15)14-7-3-2-4-8-14/h2-10,12H,11,13H2,1H3. The average molecular weight is 391 g/mol. The molecular weight excluding hydrogens is 374 g/mol. The molecule has 0 spiro atoms. The maximum absolute atomic E-state index is 12.1. The summed E-state index contributed by atoms with van der Waals surface area (Å²) in [5.74, 6) is 1.14. The number of esters is 1. The summed E-state index contributed by atoms with van der Waals surface area (Å²) < 4.78 is 21.1. The fraction of sp³-hybridized carbons (Fsp3) is 0.143. The third-order valence-corrected chi connectivity index (χ3v) is 4.07. The van der Waals surface area contributed by atoms with Gasteiger partial charge in [-0.3, -0.25) is 4.79 Å². The zero-order valence-corrected chi connectivity index (χ0v) is 15.6. The van der Waals surface area contributed by atoms with Crippen LogP contribution in [0.4, 0.5) is 0 Å². The van der Waals surface area contributed by atoms with Crippen LogP contribution >= 0.6 is 0 Å². The molecule has 8 nitrogen and oxygen atoms in total. The van der Waals surface area contributed by atoms with E-state index in [1.807, 2.05) is 48.5 Å². The molecule has 0 saturated heterocycles. The molecule has 2 aromatic heterocycles. The monoisotopic (exact) mass is 391 g/mol. The fourth-order valence-electron chi connectivity index (χ4n) is 2.69. The number of methoxy groups -OCH3 is 1. The summed E-state index contributed by atoms with van der Waals surface area (Å²) in [7, 11) is 1.56. The maximum atomic E-state index is 12.1. The van der Waals surface area contributed by atoms with Crippen LogP contribution < -0.4 is 4.74 Å². The minimum atomic E-state index is -0.477. The summed E-state index contributed by atoms with van der Waals surface area (Å²) >= 11 is 0. The summed E-state index contributed by atoms with van der Waals surface area (Å²) in [5, 5.41) is 3.91. The SMILES string of the molecule is COc1ccccc1-c1noc(COC(=O)Cc2coc(-c3ccccc3)n2)n1. The van der Waals surface area contributed by atoms with Crippen LogP contribution in [0, 0.1) is 0 Å². The second-order valence-electron chi connectivity index (χ2n) is 6.06. The first kappa shape index (κ1) is 18.4. The van der Waals surface area contributed by atoms with Gasteiger partial charge in [0.2, 0.25) is 11.7 Å². The van der Waals surface area contributed by atoms with Gasteiger partial charge in [-0.1, -0.05) is 35.5 Å². The number of rotatable bonds is 7. The number of aromatic nitrogens is 3. The Morgan fingerprint density at radius 3 is 2.66 bits per heavy atom. The van der Waals surface area contributed by atoms with E-state index in [-0.39, 0.29) is 18.9 Å². The van der Waals surface area contributed by atoms with E-state index < -0.39 is 5.97 Å². The van der Waals surface area contributed by atoms with Gasteiger partial charge < -0.3 is 18.4 Å². The van der Waals surface area contributed by atoms with Gasteiger partial charge in [0.1, 0.15) is 12.0 Å². The van der Waals surface area contributed by atoms with Crippen molar-refractivity contribution in [1.29, 1.82) is 0 Å². The Bertz CT molecular complexity index is 1100. The van der Waals surface area contributed by atoms with Crippen LogP contribution in [0.2, 0.25) is 0 Å². The van der Waals surface area contributed by atoms with E-state index in [1.165, 1.54) is 6.26 Å². The number of hydrogen-bond donors (Lipinski definition) is 0. The molecule has 8 heteroatoms. The first-order chi connectivity index (χ1) is 14.2. The normalized spacial score (nSPS) is 10.7. The zero-order chi connectivity index (χ0) is 20.1. The number of carbonyl (C=O) groups excluding carboxylic acids is 1. The maximum Gasteiger partial charge on any atom is 0.312 e. The lowest BCUT2D eigenvalue weighted by molar-refractivity contribution is -0.145. The molecule has 2 heterocycles. The van der Waals surface area contributed by atoms with Crippen molar-refractivity contribution in [2.75, 3.05) is 7.11 Å². The molecule has 0 unspecified atom stereocenters. The minimum Gasteiger partial charge on any atom is -0.496 e. The van der Waals surface area contributed by atoms with Gasteiger partial charge in [0.05, 0.1) is 24.8 Å². The van der Waals surface area contributed by atoms with E-state index >= 15 is 0 Å². The Morgan fingerprint density at radius 2 is 1.83 bits per heavy atom. The third kappa shape index (κ3) is 4.32. The van der Waals surface area contributed by atoms with Crippen molar-refractivity contribution in [2.24, 2.45) is 0 Å². The molecule has 4 rings (SSSR count). The van der Waals surface area contributed by atoms with Crippen LogP contribution in [0.15, 0.2) is 69.8 Å². The number of benzene rings is 2. The fourth-order valence-corrected chi connectivity index (χ4v) is 2.69. The Labute approximate surface area is 166 Å². The van der Waals surface area contributed by atoms with Crippen molar-refractivity contribution in [3.8, 4) is 28.6 Å². The van der Waals surface area contributed by atoms with E-state index in [0.29, 0.717) is 28.7 Å². The first-order valence-corrected chi connectivity index (χ1v) is 8.84. The zero-order valence-electron chi connectivity index (χ0n) is 15.6. The quantitative estimate of drug-likeness (QED) is 0.440. The van der Waals surface area contributed by atoms with E-state index in [9.17, 15) is 4.79 Å². The predicted molar refractivity (Wildman–Crippen MR) is 102 cm³/mol. The second-order valence-corrected chi connectivity index (χ2v) is 6.06. The molecule has 0 radical (unpaired) electrons. The Balaban J connectivity index is 1.35. The molecule has 0 fully saturated rings. The Hall–Kier alpha value is -3.94. The van der Waals surface area contributed by atoms with Crippen LogP contribution in [-0.4, -0.2) is 28.2 Å². The van der Waals surface area contributed by atoms with Crippen LogP contribution in [0.1, 0.15) is 11.6 Å². The first-order valence-electron chi connectivity index (χ1n) is 8.84. The largest absolute Gasteiger partial charge is 0.496 e. The third-order valence-electron chi connectivity index (χ3n) is 4.07. The Morgan fingerprint density at radius 1 is 1.03 bits per heavy atom. The van der Waals surface area contributed by atoms with Crippen LogP contribution in [0.25, 0.3) is 22.8 Å². The molecule has 146 valence electrons. The van der Waals surface area contributed by atoms with Gasteiger partial charge in [-0.05, 0) is 24.3 Å². The molecule has 0 bridgehead atoms. The number of carbonyl (C=O) groups is 1. The number of oxazole rings is 1. The molecule has 0 amide bonds. The van der Waals surface area contributed by atoms with Gasteiger partial charge in [0.25, 0.3) is 5.89 Å². The van der Waals surface area contributed by atoms with Gasteiger partial charge in [-0.2, -0.15) is 4.98 Å². The van der Waals surface area contributed by atoms with Crippen molar-refractivity contribution in [2.45, 2.75) is 13.0 Å². The van der Waals surface area contributed by atoms with Crippen molar-refractivity contribution < 1.29 is 23.2 Å². The summed E-state index contributed by atoms with van der Waals surface area (Å²) in [6, 6.07) is 16.7. The molecule has 0 atom stereocenters. The highest BCUT2D eigenvalue weighted by molar-refractivity contribution is 5.72. The number of para-hydroxylation sites is 1. The average Bonchev–Trinajstić information content (AvgIpc) is 3.42. The highest BCUT2D eigenvalue weighted by Gasteiger charge is 2.15. The molecule has 0 aliphatic heterocycles. The molecule has 4 aromatic rings. The van der Waals surface area contributed by atoms with Gasteiger partial charge in [0, 0.05) is 5.56 Å². The molecule has 0 saturated carbocycles. The summed E-state index contributed by atoms with van der Waals surface area (Å²) in [5.41, 5.74) is 2.00. The number of ether oxygens (including phenoxy) is 2. The highest BCUT2D eigenvalue weighted by Crippen LogP contribution is 2.27. The van der Waals surface area contributed by atoms with Gasteiger partial charge in [-0.15, -0.1) is 0 Å². The summed E-state index contributed by atoms with van der Waals surface area (Å²) in [4.78, 5) is 20.6. The van der Waals surface area contributed by atoms with E-state index in [0.717, 1.165) is 5.56 Å². The van der Waals surface area contributed by atoms with Crippen LogP contribution in [-0.2, 0) is 22.6 Å². The molecule has 0 aliphatic rings. The van der Waals surface area contributed by atoms with Gasteiger partial charge in [0.15, 0.2) is 6.61 Å². The van der Waals surface area contributed by atoms with E-state index in [2.05, 4.69) is 15.1 Å². The van der Waals surface area contributed by atoms with Crippen molar-refractivity contribution in [1.82, 2.24) is 15.1 Å². The number of nitrogens with zero attached hydrogens (tertiary/aromatic N) is 3. The highest BCUT2D eigenvalue weighted by atomic mass is 16.6. The van der Waals surface area contributed by atoms with Crippen molar-refractivity contribution in [3.63, 3.8) is 0 Å². The molecular formula is C21H17N3O5. The van der Waals surface area contributed by atoms with E-state index in [1.54, 1.807) is 13.2 Å². The van der Waals surface area contributed by atoms with Crippen LogP contribution in [0.5, 0.6) is 5.75 Å². The lowest BCUT2D eigenvalue weighted by atomic mass is 10.2. The van der Waals surface area contributed by atoms with E-state index in [4.69, 9.17) is 18.4 Å². The molecule has 0 aliphatic carbocycles. The van der Waals surface area contributed by atoms with Gasteiger partial charge >= 0.3 is 5.97 Å². The predicted octanol–water partition coefficient (Wildman–Crippen LogP) is 3.69. The minimum absolute atomic E-state index is 0.0240. The van der Waals surface area contributed by atoms with Crippen LogP contribution in [0.3, 0.4) is 0 Å². The van der Waals surface area contributed by atoms with Crippen molar-refractivity contribution in [3.05, 3.63) is 72.4 Å². The summed E-state index contributed by atoms with van der Waals surface area (Å²) in [6.45, 7) is -0.135. The van der Waals surface area contributed by atoms with Crippen molar-refractivity contribution >= 4 is 5.97 Å². The molecule has 0 N–H and O–H groups in total. The Kier molecular flexibility index (Phi) is 5.33. The van der Waals surface area contributed by atoms with Gasteiger partial charge in [-0.25, -0.2) is 4.98 Å². The summed E-state index contributed by atoms with van der Waals surface area (Å²) in [6.07, 6.45) is 1.42. The topological polar surface area (TPSA) is 100 Å².